The number of aliphatic hydroxyl groups is 1. The molecule has 0 aliphatic rings. The van der Waals surface area contributed by atoms with Crippen molar-refractivity contribution in [2.75, 3.05) is 17.2 Å². The zero-order valence-electron chi connectivity index (χ0n) is 14.5. The van der Waals surface area contributed by atoms with Crippen LogP contribution in [0.5, 0.6) is 5.75 Å². The highest BCUT2D eigenvalue weighted by atomic mass is 16.3. The molecular formula is C17H22N6O2. The molecule has 0 saturated heterocycles. The normalized spacial score (nSPS) is 12.3. The molecule has 25 heavy (non-hydrogen) atoms. The van der Waals surface area contributed by atoms with E-state index < -0.39 is 6.10 Å². The lowest BCUT2D eigenvalue weighted by molar-refractivity contribution is 0.208. The van der Waals surface area contributed by atoms with Crippen molar-refractivity contribution >= 4 is 22.9 Å². The molecule has 1 atom stereocenters. The van der Waals surface area contributed by atoms with Crippen LogP contribution in [-0.2, 0) is 13.6 Å². The summed E-state index contributed by atoms with van der Waals surface area (Å²) in [6.45, 7) is 4.31. The Kier molecular flexibility index (Phi) is 4.71. The summed E-state index contributed by atoms with van der Waals surface area (Å²) in [5.41, 5.74) is 2.93. The summed E-state index contributed by atoms with van der Waals surface area (Å²) in [6, 6.07) is 5.62. The lowest BCUT2D eigenvalue weighted by atomic mass is 10.1. The van der Waals surface area contributed by atoms with E-state index in [9.17, 15) is 10.2 Å². The molecule has 0 amide bonds. The number of anilines is 2. The Morgan fingerprint density at radius 3 is 2.80 bits per heavy atom. The molecule has 132 valence electrons. The van der Waals surface area contributed by atoms with E-state index in [0.717, 1.165) is 11.1 Å². The van der Waals surface area contributed by atoms with Crippen LogP contribution in [0.3, 0.4) is 0 Å². The third kappa shape index (κ3) is 3.63. The quantitative estimate of drug-likeness (QED) is 0.541. The Hall–Kier alpha value is -2.87. The number of nitrogens with zero attached hydrogens (tertiary/aromatic N) is 4. The second-order valence-corrected chi connectivity index (χ2v) is 6.09. The van der Waals surface area contributed by atoms with Crippen LogP contribution in [0.25, 0.3) is 11.2 Å². The number of imidazole rings is 1. The summed E-state index contributed by atoms with van der Waals surface area (Å²) in [6.07, 6.45) is 1.17. The summed E-state index contributed by atoms with van der Waals surface area (Å²) in [7, 11) is 1.86. The van der Waals surface area contributed by atoms with Gasteiger partial charge in [0.25, 0.3) is 0 Å². The Morgan fingerprint density at radius 2 is 2.04 bits per heavy atom. The van der Waals surface area contributed by atoms with E-state index >= 15 is 0 Å². The van der Waals surface area contributed by atoms with Crippen molar-refractivity contribution in [3.63, 3.8) is 0 Å². The first-order valence-electron chi connectivity index (χ1n) is 8.08. The van der Waals surface area contributed by atoms with Crippen LogP contribution in [-0.4, -0.2) is 42.4 Å². The number of aryl methyl sites for hydroxylation is 2. The van der Waals surface area contributed by atoms with Crippen LogP contribution >= 0.6 is 0 Å². The number of hydrogen-bond acceptors (Lipinski definition) is 7. The second kappa shape index (κ2) is 6.94. The molecule has 4 N–H and O–H groups in total. The predicted octanol–water partition coefficient (Wildman–Crippen LogP) is 1.78. The van der Waals surface area contributed by atoms with E-state index in [1.165, 1.54) is 0 Å². The Labute approximate surface area is 145 Å². The maximum Gasteiger partial charge on any atom is 0.226 e. The van der Waals surface area contributed by atoms with Crippen molar-refractivity contribution in [3.8, 4) is 5.75 Å². The lowest BCUT2D eigenvalue weighted by Gasteiger charge is -2.12. The number of benzene rings is 1. The van der Waals surface area contributed by atoms with Gasteiger partial charge in [-0.3, -0.25) is 0 Å². The van der Waals surface area contributed by atoms with Gasteiger partial charge in [-0.2, -0.15) is 9.97 Å². The molecule has 0 aliphatic carbocycles. The van der Waals surface area contributed by atoms with Gasteiger partial charge in [-0.05, 0) is 19.4 Å². The van der Waals surface area contributed by atoms with Crippen molar-refractivity contribution in [3.05, 3.63) is 35.7 Å². The van der Waals surface area contributed by atoms with Gasteiger partial charge in [0, 0.05) is 25.7 Å². The number of aliphatic hydroxyl groups excluding tert-OH is 1. The molecule has 1 aromatic carbocycles. The van der Waals surface area contributed by atoms with Gasteiger partial charge in [0.2, 0.25) is 5.95 Å². The van der Waals surface area contributed by atoms with Crippen LogP contribution in [0.15, 0.2) is 24.5 Å². The highest BCUT2D eigenvalue weighted by Crippen LogP contribution is 2.24. The topological polar surface area (TPSA) is 108 Å². The average molecular weight is 342 g/mol. The highest BCUT2D eigenvalue weighted by Gasteiger charge is 2.13. The highest BCUT2D eigenvalue weighted by molar-refractivity contribution is 5.84. The monoisotopic (exact) mass is 342 g/mol. The minimum Gasteiger partial charge on any atom is -0.507 e. The zero-order chi connectivity index (χ0) is 18.0. The van der Waals surface area contributed by atoms with E-state index in [-0.39, 0.29) is 5.75 Å². The van der Waals surface area contributed by atoms with E-state index in [1.807, 2.05) is 32.2 Å². The van der Waals surface area contributed by atoms with E-state index in [4.69, 9.17) is 0 Å². The number of aromatic hydroxyl groups is 1. The van der Waals surface area contributed by atoms with Gasteiger partial charge in [-0.15, -0.1) is 0 Å². The zero-order valence-corrected chi connectivity index (χ0v) is 14.5. The van der Waals surface area contributed by atoms with E-state index in [1.54, 1.807) is 17.8 Å². The maximum atomic E-state index is 10.2. The summed E-state index contributed by atoms with van der Waals surface area (Å²) >= 11 is 0. The third-order valence-corrected chi connectivity index (χ3v) is 3.88. The Morgan fingerprint density at radius 1 is 1.24 bits per heavy atom. The molecule has 0 bridgehead atoms. The van der Waals surface area contributed by atoms with Gasteiger partial charge in [0.15, 0.2) is 17.0 Å². The predicted molar refractivity (Wildman–Crippen MR) is 96.6 cm³/mol. The number of phenolic OH excluding ortho intramolecular Hbond substituents is 1. The average Bonchev–Trinajstić information content (AvgIpc) is 2.95. The standard InChI is InChI=1S/C17H22N6O2/c1-10-5-4-6-12(14(10)25)8-18-15-13-16(23(3)9-20-13)22-17(21-15)19-7-11(2)24/h4-6,9,11,24-25H,7-8H2,1-3H3,(H2,18,19,21,22). The number of rotatable bonds is 6. The minimum atomic E-state index is -0.508. The van der Waals surface area contributed by atoms with Gasteiger partial charge in [-0.25, -0.2) is 4.98 Å². The fourth-order valence-electron chi connectivity index (χ4n) is 2.49. The van der Waals surface area contributed by atoms with Crippen LogP contribution < -0.4 is 10.6 Å². The molecule has 2 aromatic heterocycles. The summed E-state index contributed by atoms with van der Waals surface area (Å²) in [5.74, 6) is 1.25. The van der Waals surface area contributed by atoms with Gasteiger partial charge < -0.3 is 25.4 Å². The van der Waals surface area contributed by atoms with Gasteiger partial charge in [-0.1, -0.05) is 18.2 Å². The summed E-state index contributed by atoms with van der Waals surface area (Å²) in [4.78, 5) is 13.2. The first-order valence-corrected chi connectivity index (χ1v) is 8.08. The van der Waals surface area contributed by atoms with Crippen molar-refractivity contribution in [1.29, 1.82) is 0 Å². The molecule has 0 aliphatic heterocycles. The number of phenols is 1. The largest absolute Gasteiger partial charge is 0.507 e. The molecule has 3 rings (SSSR count). The van der Waals surface area contributed by atoms with Gasteiger partial charge >= 0.3 is 0 Å². The van der Waals surface area contributed by atoms with Crippen molar-refractivity contribution in [1.82, 2.24) is 19.5 Å². The van der Waals surface area contributed by atoms with Crippen molar-refractivity contribution in [2.45, 2.75) is 26.5 Å². The Bertz CT molecular complexity index is 890. The molecule has 3 aromatic rings. The van der Waals surface area contributed by atoms with E-state index in [2.05, 4.69) is 25.6 Å². The first-order chi connectivity index (χ1) is 12.0. The van der Waals surface area contributed by atoms with Crippen LogP contribution in [0.1, 0.15) is 18.1 Å². The summed E-state index contributed by atoms with van der Waals surface area (Å²) in [5, 5.41) is 25.8. The molecule has 2 heterocycles. The number of hydrogen-bond donors (Lipinski definition) is 4. The van der Waals surface area contributed by atoms with Crippen LogP contribution in [0, 0.1) is 6.92 Å². The fraction of sp³-hybridized carbons (Fsp3) is 0.353. The SMILES string of the molecule is Cc1cccc(CNc2nc(NCC(C)O)nc3c2ncn3C)c1O. The smallest absolute Gasteiger partial charge is 0.226 e. The molecule has 0 fully saturated rings. The van der Waals surface area contributed by atoms with Crippen molar-refractivity contribution in [2.24, 2.45) is 7.05 Å². The molecule has 0 radical (unpaired) electrons. The fourth-order valence-corrected chi connectivity index (χ4v) is 2.49. The van der Waals surface area contributed by atoms with Crippen LogP contribution in [0.2, 0.25) is 0 Å². The molecule has 0 saturated carbocycles. The van der Waals surface area contributed by atoms with Crippen LogP contribution in [0.4, 0.5) is 11.8 Å². The summed E-state index contributed by atoms with van der Waals surface area (Å²) < 4.78 is 1.81. The number of fused-ring (bicyclic) bond motifs is 1. The van der Waals surface area contributed by atoms with Crippen molar-refractivity contribution < 1.29 is 10.2 Å². The lowest BCUT2D eigenvalue weighted by Crippen LogP contribution is -2.17. The number of nitrogens with one attached hydrogen (secondary N) is 2. The number of aromatic nitrogens is 4. The van der Waals surface area contributed by atoms with E-state index in [0.29, 0.717) is 36.0 Å². The maximum absolute atomic E-state index is 10.2. The number of para-hydroxylation sites is 1. The Balaban J connectivity index is 1.90. The molecule has 1 unspecified atom stereocenters. The molecule has 8 heteroatoms. The third-order valence-electron chi connectivity index (χ3n) is 3.88. The molecule has 0 spiro atoms. The van der Waals surface area contributed by atoms with Gasteiger partial charge in [0.1, 0.15) is 5.75 Å². The molecule has 8 nitrogen and oxygen atoms in total. The van der Waals surface area contributed by atoms with Gasteiger partial charge in [0.05, 0.1) is 12.4 Å². The first kappa shape index (κ1) is 17.0. The second-order valence-electron chi connectivity index (χ2n) is 6.09. The molecular weight excluding hydrogens is 320 g/mol. The minimum absolute atomic E-state index is 0.272.